The summed E-state index contributed by atoms with van der Waals surface area (Å²) < 4.78 is 2.05. The van der Waals surface area contributed by atoms with E-state index in [2.05, 4.69) is 54.3 Å². The Bertz CT molecular complexity index is 1210. The number of pyridine rings is 1. The number of fused-ring (bicyclic) bond motifs is 1. The molecule has 0 saturated carbocycles. The Morgan fingerprint density at radius 1 is 0.795 bits per heavy atom. The molecule has 7 heteroatoms. The van der Waals surface area contributed by atoms with Gasteiger partial charge in [-0.05, 0) is 87.5 Å². The second-order valence-corrected chi connectivity index (χ2v) is 9.60. The van der Waals surface area contributed by atoms with Crippen molar-refractivity contribution in [3.05, 3.63) is 89.3 Å². The third kappa shape index (κ3) is 10.5. The van der Waals surface area contributed by atoms with Crippen molar-refractivity contribution in [2.75, 3.05) is 19.6 Å². The van der Waals surface area contributed by atoms with Crippen molar-refractivity contribution in [2.45, 2.75) is 65.7 Å². The van der Waals surface area contributed by atoms with Crippen molar-refractivity contribution in [2.24, 2.45) is 0 Å². The lowest BCUT2D eigenvalue weighted by atomic mass is 10.00. The number of carbonyl (C=O) groups excluding carboxylic acids is 1. The molecule has 3 rings (SSSR count). The van der Waals surface area contributed by atoms with E-state index in [0.717, 1.165) is 61.0 Å². The van der Waals surface area contributed by atoms with Gasteiger partial charge in [0.1, 0.15) is 0 Å². The van der Waals surface area contributed by atoms with Crippen LogP contribution >= 0.6 is 0 Å². The van der Waals surface area contributed by atoms with Crippen LogP contribution in [-0.4, -0.2) is 56.9 Å². The number of aromatic nitrogens is 1. The zero-order chi connectivity index (χ0) is 28.6. The van der Waals surface area contributed by atoms with Crippen LogP contribution in [0.2, 0.25) is 0 Å². The van der Waals surface area contributed by atoms with Gasteiger partial charge in [0.15, 0.2) is 0 Å². The van der Waals surface area contributed by atoms with Gasteiger partial charge in [-0.1, -0.05) is 57.5 Å². The highest BCUT2D eigenvalue weighted by Gasteiger charge is 2.18. The molecule has 0 unspecified atom stereocenters. The first-order chi connectivity index (χ1) is 18.8. The Balaban J connectivity index is 0.000000580. The molecule has 0 amide bonds. The van der Waals surface area contributed by atoms with E-state index < -0.39 is 11.9 Å². The van der Waals surface area contributed by atoms with E-state index in [9.17, 15) is 14.4 Å². The van der Waals surface area contributed by atoms with E-state index in [-0.39, 0.29) is 5.78 Å². The number of hydrogen-bond acceptors (Lipinski definition) is 4. The van der Waals surface area contributed by atoms with Gasteiger partial charge in [0.2, 0.25) is 5.78 Å². The van der Waals surface area contributed by atoms with E-state index in [1.807, 2.05) is 30.5 Å². The van der Waals surface area contributed by atoms with Crippen LogP contribution in [0.4, 0.5) is 0 Å². The Morgan fingerprint density at radius 2 is 1.44 bits per heavy atom. The number of nitrogens with zero attached hydrogens (tertiary/aromatic N) is 2. The Hall–Kier alpha value is -3.71. The lowest BCUT2D eigenvalue weighted by Crippen LogP contribution is -2.26. The number of carbonyl (C=O) groups is 3. The summed E-state index contributed by atoms with van der Waals surface area (Å²) in [6.07, 6.45) is 11.0. The van der Waals surface area contributed by atoms with Gasteiger partial charge in [-0.2, -0.15) is 0 Å². The van der Waals surface area contributed by atoms with Crippen LogP contribution in [0.25, 0.3) is 5.52 Å². The molecule has 0 aliphatic rings. The van der Waals surface area contributed by atoms with Crippen LogP contribution in [0.5, 0.6) is 0 Å². The summed E-state index contributed by atoms with van der Waals surface area (Å²) in [5, 5.41) is 15.6. The summed E-state index contributed by atoms with van der Waals surface area (Å²) in [7, 11) is 0. The first-order valence-electron chi connectivity index (χ1n) is 13.9. The number of hydrogen-bond donors (Lipinski definition) is 2. The van der Waals surface area contributed by atoms with Gasteiger partial charge in [-0.3, -0.25) is 4.79 Å². The first kappa shape index (κ1) is 31.5. The van der Waals surface area contributed by atoms with Crippen LogP contribution in [-0.2, 0) is 22.4 Å². The van der Waals surface area contributed by atoms with Gasteiger partial charge in [0.05, 0.1) is 5.69 Å². The fraction of sp³-hybridized carbons (Fsp3) is 0.406. The highest BCUT2D eigenvalue weighted by atomic mass is 16.4. The van der Waals surface area contributed by atoms with Crippen molar-refractivity contribution in [1.29, 1.82) is 0 Å². The predicted octanol–water partition coefficient (Wildman–Crippen LogP) is 6.28. The third-order valence-electron chi connectivity index (χ3n) is 6.38. The van der Waals surface area contributed by atoms with Crippen molar-refractivity contribution in [3.63, 3.8) is 0 Å². The molecular weight excluding hydrogens is 492 g/mol. The minimum Gasteiger partial charge on any atom is -0.478 e. The lowest BCUT2D eigenvalue weighted by molar-refractivity contribution is -0.134. The molecule has 39 heavy (non-hydrogen) atoms. The molecule has 2 aromatic heterocycles. The quantitative estimate of drug-likeness (QED) is 0.176. The number of carboxylic acid groups (broad SMARTS) is 2. The molecule has 0 radical (unpaired) electrons. The molecule has 0 fully saturated rings. The molecule has 0 aliphatic heterocycles. The molecule has 2 heterocycles. The van der Waals surface area contributed by atoms with Crippen LogP contribution in [0, 0.1) is 0 Å². The van der Waals surface area contributed by atoms with Gasteiger partial charge in [-0.15, -0.1) is 0 Å². The summed E-state index contributed by atoms with van der Waals surface area (Å²) in [4.78, 5) is 35.1. The molecule has 0 atom stereocenters. The standard InChI is InChI=1S/C28H38N2O.C4H4O4/c1-4-7-12-25-22-26-13-8-9-21-30(26)27(25)28(31)24-16-14-23(15-17-24)11-10-20-29(18-5-2)19-6-3;5-3(6)1-2-4(7)8/h8-9,13-17,21-22H,4-7,10-12,18-20H2,1-3H3;1-2H,(H,5,6)(H,7,8)/b;2-1+. The highest BCUT2D eigenvalue weighted by Crippen LogP contribution is 2.22. The molecule has 2 N–H and O–H groups in total. The van der Waals surface area contributed by atoms with Crippen molar-refractivity contribution < 1.29 is 24.6 Å². The van der Waals surface area contributed by atoms with Crippen molar-refractivity contribution >= 4 is 23.2 Å². The van der Waals surface area contributed by atoms with Gasteiger partial charge >= 0.3 is 11.9 Å². The Morgan fingerprint density at radius 3 is 2.00 bits per heavy atom. The number of unbranched alkanes of at least 4 members (excludes halogenated alkanes) is 1. The number of aryl methyl sites for hydroxylation is 2. The topological polar surface area (TPSA) is 99.3 Å². The number of carboxylic acids is 2. The number of benzene rings is 1. The maximum absolute atomic E-state index is 13.4. The monoisotopic (exact) mass is 534 g/mol. The summed E-state index contributed by atoms with van der Waals surface area (Å²) in [5.41, 5.74) is 5.18. The van der Waals surface area contributed by atoms with Gasteiger partial charge in [0, 0.05) is 29.4 Å². The summed E-state index contributed by atoms with van der Waals surface area (Å²) in [6.45, 7) is 10.2. The van der Waals surface area contributed by atoms with Gasteiger partial charge in [-0.25, -0.2) is 9.59 Å². The molecule has 0 aliphatic carbocycles. The van der Waals surface area contributed by atoms with E-state index in [1.165, 1.54) is 31.5 Å². The molecule has 3 aromatic rings. The Kier molecular flexibility index (Phi) is 13.7. The summed E-state index contributed by atoms with van der Waals surface area (Å²) in [5.74, 6) is -2.39. The minimum absolute atomic E-state index is 0.126. The average Bonchev–Trinajstić information content (AvgIpc) is 3.29. The highest BCUT2D eigenvalue weighted by molar-refractivity contribution is 6.09. The van der Waals surface area contributed by atoms with E-state index in [1.54, 1.807) is 0 Å². The number of ketones is 1. The van der Waals surface area contributed by atoms with Gasteiger partial charge < -0.3 is 19.5 Å². The number of aliphatic carboxylic acids is 2. The van der Waals surface area contributed by atoms with Crippen molar-refractivity contribution in [1.82, 2.24) is 9.30 Å². The molecule has 0 spiro atoms. The second kappa shape index (κ2) is 17.0. The molecule has 7 nitrogen and oxygen atoms in total. The number of rotatable bonds is 15. The van der Waals surface area contributed by atoms with Crippen LogP contribution < -0.4 is 0 Å². The fourth-order valence-electron chi connectivity index (χ4n) is 4.57. The summed E-state index contributed by atoms with van der Waals surface area (Å²) >= 11 is 0. The second-order valence-electron chi connectivity index (χ2n) is 9.60. The first-order valence-corrected chi connectivity index (χ1v) is 13.9. The van der Waals surface area contributed by atoms with E-state index in [4.69, 9.17) is 10.2 Å². The van der Waals surface area contributed by atoms with E-state index in [0.29, 0.717) is 12.2 Å². The zero-order valence-corrected chi connectivity index (χ0v) is 23.4. The third-order valence-corrected chi connectivity index (χ3v) is 6.38. The van der Waals surface area contributed by atoms with Crippen LogP contribution in [0.15, 0.2) is 66.9 Å². The normalized spacial score (nSPS) is 11.1. The SMILES string of the molecule is CCCCc1cc2ccccn2c1C(=O)c1ccc(CCCN(CCC)CCC)cc1.O=C(O)/C=C/C(=O)O. The maximum atomic E-state index is 13.4. The molecular formula is C32H42N2O5. The van der Waals surface area contributed by atoms with E-state index >= 15 is 0 Å². The lowest BCUT2D eigenvalue weighted by Gasteiger charge is -2.20. The summed E-state index contributed by atoms with van der Waals surface area (Å²) in [6, 6.07) is 16.6. The van der Waals surface area contributed by atoms with Gasteiger partial charge in [0.25, 0.3) is 0 Å². The minimum atomic E-state index is -1.26. The smallest absolute Gasteiger partial charge is 0.328 e. The maximum Gasteiger partial charge on any atom is 0.328 e. The van der Waals surface area contributed by atoms with Crippen molar-refractivity contribution in [3.8, 4) is 0 Å². The van der Waals surface area contributed by atoms with Crippen LogP contribution in [0.1, 0.15) is 80.1 Å². The zero-order valence-electron chi connectivity index (χ0n) is 23.4. The predicted molar refractivity (Wildman–Crippen MR) is 156 cm³/mol. The molecule has 0 bridgehead atoms. The molecule has 1 aromatic carbocycles. The Labute approximate surface area is 231 Å². The average molecular weight is 535 g/mol. The molecule has 210 valence electrons. The largest absolute Gasteiger partial charge is 0.478 e. The molecule has 0 saturated heterocycles. The fourth-order valence-corrected chi connectivity index (χ4v) is 4.57. The van der Waals surface area contributed by atoms with Crippen LogP contribution in [0.3, 0.4) is 0 Å².